The van der Waals surface area contributed by atoms with Gasteiger partial charge in [-0.1, -0.05) is 135 Å². The number of hydrogen-bond donors (Lipinski definition) is 0. The maximum absolute atomic E-state index is 6.42. The van der Waals surface area contributed by atoms with E-state index >= 15 is 0 Å². The fourth-order valence-corrected chi connectivity index (χ4v) is 9.09. The van der Waals surface area contributed by atoms with Gasteiger partial charge >= 0.3 is 0 Å². The third kappa shape index (κ3) is 4.68. The zero-order valence-corrected chi connectivity index (χ0v) is 30.2. The summed E-state index contributed by atoms with van der Waals surface area (Å²) in [6, 6.07) is 56.9. The topological polar surface area (TPSA) is 25.6 Å². The van der Waals surface area contributed by atoms with Gasteiger partial charge in [0.25, 0.3) is 0 Å². The highest BCUT2D eigenvalue weighted by Crippen LogP contribution is 2.51. The van der Waals surface area contributed by atoms with Crippen LogP contribution in [-0.2, 0) is 5.41 Å². The average molecular weight is 696 g/mol. The average Bonchev–Trinajstić information content (AvgIpc) is 3.86. The maximum atomic E-state index is 6.42. The van der Waals surface area contributed by atoms with Crippen LogP contribution in [0.15, 0.2) is 180 Å². The molecular formula is C51H37NO2. The summed E-state index contributed by atoms with van der Waals surface area (Å²) in [4.78, 5) is 2.39. The predicted molar refractivity (Wildman–Crippen MR) is 222 cm³/mol. The molecule has 11 rings (SSSR count). The number of furan rings is 1. The first-order chi connectivity index (χ1) is 26.5. The number of rotatable bonds is 5. The minimum Gasteiger partial charge on any atom is -0.485 e. The van der Waals surface area contributed by atoms with Gasteiger partial charge in [-0.05, 0) is 93.6 Å². The summed E-state index contributed by atoms with van der Waals surface area (Å²) in [5.74, 6) is 1.21. The van der Waals surface area contributed by atoms with Crippen molar-refractivity contribution >= 4 is 44.6 Å². The SMILES string of the molecule is CC1(C)c2ccccc2-c2ccc(N(c3ccc(C4=CC5c6ccccc6OC5C=C4)cc3)c3ccc(-c4cccc5c4oc4ccccc45)cc3)cc21. The molecule has 54 heavy (non-hydrogen) atoms. The Balaban J connectivity index is 0.999. The Kier molecular flexibility index (Phi) is 6.72. The molecule has 0 amide bonds. The third-order valence-electron chi connectivity index (χ3n) is 11.8. The van der Waals surface area contributed by atoms with Crippen molar-refractivity contribution in [3.63, 3.8) is 0 Å². The van der Waals surface area contributed by atoms with E-state index in [-0.39, 0.29) is 17.4 Å². The van der Waals surface area contributed by atoms with Crippen molar-refractivity contribution in [2.24, 2.45) is 0 Å². The lowest BCUT2D eigenvalue weighted by molar-refractivity contribution is 0.269. The van der Waals surface area contributed by atoms with E-state index in [0.717, 1.165) is 55.9 Å². The van der Waals surface area contributed by atoms with Crippen molar-refractivity contribution in [1.82, 2.24) is 0 Å². The van der Waals surface area contributed by atoms with Crippen molar-refractivity contribution in [2.75, 3.05) is 4.90 Å². The largest absolute Gasteiger partial charge is 0.485 e. The summed E-state index contributed by atoms with van der Waals surface area (Å²) >= 11 is 0. The Hall–Kier alpha value is -6.58. The van der Waals surface area contributed by atoms with Crippen molar-refractivity contribution in [1.29, 1.82) is 0 Å². The molecule has 1 aromatic heterocycles. The molecule has 0 fully saturated rings. The summed E-state index contributed by atoms with van der Waals surface area (Å²) in [6.45, 7) is 4.69. The molecule has 0 saturated carbocycles. The highest BCUT2D eigenvalue weighted by molar-refractivity contribution is 6.09. The van der Waals surface area contributed by atoms with E-state index in [2.05, 4.69) is 177 Å². The summed E-state index contributed by atoms with van der Waals surface area (Å²) in [6.07, 6.45) is 6.84. The number of fused-ring (bicyclic) bond motifs is 9. The summed E-state index contributed by atoms with van der Waals surface area (Å²) in [5, 5.41) is 2.28. The molecule has 3 heteroatoms. The molecule has 0 bridgehead atoms. The van der Waals surface area contributed by atoms with Crippen molar-refractivity contribution in [2.45, 2.75) is 31.3 Å². The Morgan fingerprint density at radius 1 is 0.556 bits per heavy atom. The van der Waals surface area contributed by atoms with E-state index in [1.165, 1.54) is 39.0 Å². The maximum Gasteiger partial charge on any atom is 0.143 e. The second-order valence-corrected chi connectivity index (χ2v) is 15.2. The van der Waals surface area contributed by atoms with Crippen LogP contribution >= 0.6 is 0 Å². The zero-order valence-electron chi connectivity index (χ0n) is 30.2. The van der Waals surface area contributed by atoms with Gasteiger partial charge in [-0.2, -0.15) is 0 Å². The lowest BCUT2D eigenvalue weighted by atomic mass is 9.82. The van der Waals surface area contributed by atoms with Crippen LogP contribution < -0.4 is 9.64 Å². The number of ether oxygens (including phenoxy) is 1. The van der Waals surface area contributed by atoms with E-state index < -0.39 is 0 Å². The monoisotopic (exact) mass is 695 g/mol. The lowest BCUT2D eigenvalue weighted by Gasteiger charge is -2.28. The predicted octanol–water partition coefficient (Wildman–Crippen LogP) is 13.5. The van der Waals surface area contributed by atoms with Gasteiger partial charge in [-0.25, -0.2) is 0 Å². The van der Waals surface area contributed by atoms with Crippen LogP contribution in [0.4, 0.5) is 17.1 Å². The van der Waals surface area contributed by atoms with E-state index in [1.54, 1.807) is 0 Å². The molecular weight excluding hydrogens is 659 g/mol. The Morgan fingerprint density at radius 3 is 2.07 bits per heavy atom. The van der Waals surface area contributed by atoms with Crippen LogP contribution in [-0.4, -0.2) is 6.10 Å². The van der Waals surface area contributed by atoms with Crippen molar-refractivity contribution in [3.8, 4) is 28.0 Å². The smallest absolute Gasteiger partial charge is 0.143 e. The van der Waals surface area contributed by atoms with E-state index in [4.69, 9.17) is 9.15 Å². The Bertz CT molecular complexity index is 2840. The molecule has 258 valence electrons. The number of anilines is 3. The van der Waals surface area contributed by atoms with Gasteiger partial charge in [0.1, 0.15) is 23.0 Å². The molecule has 2 heterocycles. The number of nitrogens with zero attached hydrogens (tertiary/aromatic N) is 1. The van der Waals surface area contributed by atoms with Gasteiger partial charge in [-0.15, -0.1) is 0 Å². The van der Waals surface area contributed by atoms with Gasteiger partial charge < -0.3 is 14.1 Å². The van der Waals surface area contributed by atoms with Crippen LogP contribution in [0.1, 0.15) is 42.0 Å². The quantitative estimate of drug-likeness (QED) is 0.179. The van der Waals surface area contributed by atoms with Gasteiger partial charge in [0.2, 0.25) is 0 Å². The minimum atomic E-state index is -0.104. The number of hydrogen-bond acceptors (Lipinski definition) is 3. The van der Waals surface area contributed by atoms with Crippen LogP contribution in [0.25, 0.3) is 49.8 Å². The number of benzene rings is 7. The van der Waals surface area contributed by atoms with E-state index in [0.29, 0.717) is 0 Å². The molecule has 2 atom stereocenters. The first-order valence-electron chi connectivity index (χ1n) is 18.8. The molecule has 0 radical (unpaired) electrons. The Labute approximate surface area is 315 Å². The normalized spacial score (nSPS) is 17.4. The molecule has 8 aromatic rings. The first-order valence-corrected chi connectivity index (χ1v) is 18.8. The molecule has 3 aliphatic rings. The zero-order chi connectivity index (χ0) is 36.0. The molecule has 0 saturated heterocycles. The molecule has 7 aromatic carbocycles. The molecule has 2 unspecified atom stereocenters. The standard InChI is InChI=1S/C51H37NO2/c1-51(2)45-15-6-3-10-39(45)40-28-27-37(31-46(40)51)52(35-23-18-32(19-24-35)34-22-29-49-44(30-34)42-12-5-7-16-47(42)53-49)36-25-20-33(21-26-36)38-13-9-14-43-41-11-4-8-17-48(41)54-50(38)43/h3-31,44,49H,1-2H3. The fraction of sp³-hybridized carbons (Fsp3) is 0.0980. The lowest BCUT2D eigenvalue weighted by Crippen LogP contribution is -2.17. The summed E-state index contributed by atoms with van der Waals surface area (Å²) in [5.41, 5.74) is 16.3. The van der Waals surface area contributed by atoms with Gasteiger partial charge in [0.15, 0.2) is 0 Å². The fourth-order valence-electron chi connectivity index (χ4n) is 9.09. The van der Waals surface area contributed by atoms with Crippen molar-refractivity contribution < 1.29 is 9.15 Å². The molecule has 1 aliphatic heterocycles. The van der Waals surface area contributed by atoms with E-state index in [9.17, 15) is 0 Å². The van der Waals surface area contributed by atoms with Crippen LogP contribution in [0.2, 0.25) is 0 Å². The highest BCUT2D eigenvalue weighted by atomic mass is 16.5. The summed E-state index contributed by atoms with van der Waals surface area (Å²) in [7, 11) is 0. The molecule has 3 nitrogen and oxygen atoms in total. The number of para-hydroxylation sites is 3. The third-order valence-corrected chi connectivity index (χ3v) is 11.8. The first kappa shape index (κ1) is 31.0. The van der Waals surface area contributed by atoms with Gasteiger partial charge in [0, 0.05) is 50.3 Å². The molecule has 2 aliphatic carbocycles. The number of allylic oxidation sites excluding steroid dienone is 2. The van der Waals surface area contributed by atoms with Crippen molar-refractivity contribution in [3.05, 3.63) is 198 Å². The second-order valence-electron chi connectivity index (χ2n) is 15.2. The van der Waals surface area contributed by atoms with Crippen LogP contribution in [0, 0.1) is 0 Å². The highest BCUT2D eigenvalue weighted by Gasteiger charge is 2.36. The van der Waals surface area contributed by atoms with E-state index in [1.807, 2.05) is 18.2 Å². The van der Waals surface area contributed by atoms with Gasteiger partial charge in [-0.3, -0.25) is 0 Å². The molecule has 0 spiro atoms. The minimum absolute atomic E-state index is 0.0536. The van der Waals surface area contributed by atoms with Crippen LogP contribution in [0.5, 0.6) is 5.75 Å². The van der Waals surface area contributed by atoms with Gasteiger partial charge in [0.05, 0.1) is 0 Å². The second kappa shape index (κ2) is 11.7. The molecule has 0 N–H and O–H groups in total. The Morgan fingerprint density at radius 2 is 1.22 bits per heavy atom. The van der Waals surface area contributed by atoms with Crippen LogP contribution in [0.3, 0.4) is 0 Å². The summed E-state index contributed by atoms with van der Waals surface area (Å²) < 4.78 is 12.7.